The standard InChI is InChI=1S/C20H31N3O4S/c1-15(2)11-13-27-16(3)20(24)22-17-8-7-9-18(14-17)28(25,26)23-19-10-5-4-6-12-21-19/h7-9,14-16H,4-6,10-13H2,1-3H3,(H,21,23)(H,22,24). The lowest BCUT2D eigenvalue weighted by Crippen LogP contribution is -2.31. The number of amidine groups is 1. The molecule has 1 unspecified atom stereocenters. The number of nitrogens with one attached hydrogen (secondary N) is 2. The van der Waals surface area contributed by atoms with Crippen LogP contribution in [0.4, 0.5) is 5.69 Å². The fourth-order valence-electron chi connectivity index (χ4n) is 2.71. The van der Waals surface area contributed by atoms with Crippen molar-refractivity contribution in [1.82, 2.24) is 4.72 Å². The van der Waals surface area contributed by atoms with E-state index in [1.807, 2.05) is 0 Å². The maximum atomic E-state index is 12.7. The van der Waals surface area contributed by atoms with Gasteiger partial charge in [0.05, 0.1) is 4.90 Å². The largest absolute Gasteiger partial charge is 0.369 e. The van der Waals surface area contributed by atoms with Crippen LogP contribution in [0.3, 0.4) is 0 Å². The van der Waals surface area contributed by atoms with Crippen LogP contribution in [0.1, 0.15) is 52.9 Å². The lowest BCUT2D eigenvalue weighted by molar-refractivity contribution is -0.126. The number of carbonyl (C=O) groups excluding carboxylic acids is 1. The average Bonchev–Trinajstić information content (AvgIpc) is 2.89. The molecule has 2 N–H and O–H groups in total. The molecule has 1 heterocycles. The molecule has 1 atom stereocenters. The minimum atomic E-state index is -3.74. The second-order valence-corrected chi connectivity index (χ2v) is 9.14. The number of hydrogen-bond donors (Lipinski definition) is 2. The predicted molar refractivity (Wildman–Crippen MR) is 111 cm³/mol. The zero-order valence-electron chi connectivity index (χ0n) is 16.9. The van der Waals surface area contributed by atoms with E-state index in [0.29, 0.717) is 37.0 Å². The molecule has 0 radical (unpaired) electrons. The number of nitrogens with zero attached hydrogens (tertiary/aromatic N) is 1. The summed E-state index contributed by atoms with van der Waals surface area (Å²) in [6.07, 6.45) is 3.84. The summed E-state index contributed by atoms with van der Waals surface area (Å²) in [6.45, 7) is 7.01. The highest BCUT2D eigenvalue weighted by Gasteiger charge is 2.19. The SMILES string of the molecule is CC(C)CCOC(C)C(=O)Nc1cccc(S(=O)(=O)NC2=NCCCCC2)c1. The molecule has 1 amide bonds. The molecule has 1 aliphatic rings. The molecular formula is C20H31N3O4S. The summed E-state index contributed by atoms with van der Waals surface area (Å²) >= 11 is 0. The quantitative estimate of drug-likeness (QED) is 0.688. The number of sulfonamides is 1. The third-order valence-electron chi connectivity index (χ3n) is 4.47. The van der Waals surface area contributed by atoms with Gasteiger partial charge in [-0.3, -0.25) is 14.5 Å². The van der Waals surface area contributed by atoms with E-state index >= 15 is 0 Å². The highest BCUT2D eigenvalue weighted by atomic mass is 32.2. The van der Waals surface area contributed by atoms with Crippen LogP contribution in [-0.4, -0.2) is 39.4 Å². The van der Waals surface area contributed by atoms with Crippen molar-refractivity contribution < 1.29 is 17.9 Å². The van der Waals surface area contributed by atoms with Crippen molar-refractivity contribution in [3.63, 3.8) is 0 Å². The molecule has 156 valence electrons. The lowest BCUT2D eigenvalue weighted by atomic mass is 10.1. The molecule has 0 bridgehead atoms. The van der Waals surface area contributed by atoms with Gasteiger partial charge in [0, 0.05) is 25.3 Å². The summed E-state index contributed by atoms with van der Waals surface area (Å²) in [7, 11) is -3.74. The zero-order valence-corrected chi connectivity index (χ0v) is 17.7. The second kappa shape index (κ2) is 10.6. The first-order chi connectivity index (χ1) is 13.3. The van der Waals surface area contributed by atoms with Gasteiger partial charge in [-0.25, -0.2) is 8.42 Å². The highest BCUT2D eigenvalue weighted by Crippen LogP contribution is 2.17. The van der Waals surface area contributed by atoms with E-state index in [9.17, 15) is 13.2 Å². The molecule has 1 aromatic carbocycles. The summed E-state index contributed by atoms with van der Waals surface area (Å²) in [5.41, 5.74) is 0.412. The molecular weight excluding hydrogens is 378 g/mol. The van der Waals surface area contributed by atoms with Crippen molar-refractivity contribution in [2.75, 3.05) is 18.5 Å². The van der Waals surface area contributed by atoms with E-state index in [1.54, 1.807) is 19.1 Å². The Morgan fingerprint density at radius 2 is 2.00 bits per heavy atom. The summed E-state index contributed by atoms with van der Waals surface area (Å²) in [5.74, 6) is 0.696. The minimum absolute atomic E-state index is 0.0885. The van der Waals surface area contributed by atoms with Crippen LogP contribution in [0.5, 0.6) is 0 Å². The number of rotatable bonds is 8. The number of ether oxygens (including phenoxy) is 1. The van der Waals surface area contributed by atoms with Crippen molar-refractivity contribution in [2.24, 2.45) is 10.9 Å². The molecule has 8 heteroatoms. The number of amides is 1. The van der Waals surface area contributed by atoms with E-state index in [1.165, 1.54) is 12.1 Å². The third kappa shape index (κ3) is 7.24. The normalized spacial score (nSPS) is 16.2. The van der Waals surface area contributed by atoms with Crippen LogP contribution in [-0.2, 0) is 19.6 Å². The topological polar surface area (TPSA) is 96.9 Å². The van der Waals surface area contributed by atoms with Crippen molar-refractivity contribution in [3.8, 4) is 0 Å². The summed E-state index contributed by atoms with van der Waals surface area (Å²) in [6, 6.07) is 6.19. The van der Waals surface area contributed by atoms with Gasteiger partial charge in [0.15, 0.2) is 0 Å². The second-order valence-electron chi connectivity index (χ2n) is 7.46. The van der Waals surface area contributed by atoms with E-state index in [0.717, 1.165) is 25.7 Å². The highest BCUT2D eigenvalue weighted by molar-refractivity contribution is 7.90. The van der Waals surface area contributed by atoms with E-state index in [2.05, 4.69) is 28.9 Å². The number of carbonyl (C=O) groups is 1. The monoisotopic (exact) mass is 409 g/mol. The van der Waals surface area contributed by atoms with Crippen molar-refractivity contribution in [1.29, 1.82) is 0 Å². The molecule has 0 aromatic heterocycles. The maximum absolute atomic E-state index is 12.7. The summed E-state index contributed by atoms with van der Waals surface area (Å²) < 4.78 is 33.4. The minimum Gasteiger partial charge on any atom is -0.369 e. The van der Waals surface area contributed by atoms with E-state index in [-0.39, 0.29) is 10.8 Å². The van der Waals surface area contributed by atoms with Gasteiger partial charge in [0.2, 0.25) is 0 Å². The van der Waals surface area contributed by atoms with Crippen LogP contribution in [0.25, 0.3) is 0 Å². The van der Waals surface area contributed by atoms with Crippen LogP contribution in [0, 0.1) is 5.92 Å². The van der Waals surface area contributed by atoms with Crippen molar-refractivity contribution >= 4 is 27.5 Å². The third-order valence-corrected chi connectivity index (χ3v) is 5.85. The van der Waals surface area contributed by atoms with Gasteiger partial charge in [-0.05, 0) is 50.3 Å². The molecule has 2 rings (SSSR count). The number of benzene rings is 1. The molecule has 0 saturated carbocycles. The molecule has 0 saturated heterocycles. The Morgan fingerprint density at radius 1 is 1.21 bits per heavy atom. The Hall–Kier alpha value is -1.93. The first-order valence-corrected chi connectivity index (χ1v) is 11.3. The fraction of sp³-hybridized carbons (Fsp3) is 0.600. The maximum Gasteiger partial charge on any atom is 0.262 e. The average molecular weight is 410 g/mol. The fourth-order valence-corrected chi connectivity index (χ4v) is 3.85. The summed E-state index contributed by atoms with van der Waals surface area (Å²) in [5, 5.41) is 2.72. The zero-order chi connectivity index (χ0) is 20.6. The molecule has 7 nitrogen and oxygen atoms in total. The van der Waals surface area contributed by atoms with Crippen LogP contribution >= 0.6 is 0 Å². The van der Waals surface area contributed by atoms with Gasteiger partial charge < -0.3 is 10.1 Å². The van der Waals surface area contributed by atoms with E-state index < -0.39 is 16.1 Å². The molecule has 1 aliphatic heterocycles. The first kappa shape index (κ1) is 22.4. The van der Waals surface area contributed by atoms with Crippen LogP contribution in [0.15, 0.2) is 34.2 Å². The van der Waals surface area contributed by atoms with Gasteiger partial charge in [-0.15, -0.1) is 0 Å². The lowest BCUT2D eigenvalue weighted by Gasteiger charge is -2.15. The molecule has 28 heavy (non-hydrogen) atoms. The molecule has 0 spiro atoms. The van der Waals surface area contributed by atoms with Gasteiger partial charge in [0.25, 0.3) is 15.9 Å². The van der Waals surface area contributed by atoms with Gasteiger partial charge in [-0.1, -0.05) is 26.3 Å². The van der Waals surface area contributed by atoms with Crippen LogP contribution in [0.2, 0.25) is 0 Å². The van der Waals surface area contributed by atoms with Gasteiger partial charge >= 0.3 is 0 Å². The van der Waals surface area contributed by atoms with E-state index in [4.69, 9.17) is 4.74 Å². The Labute approximate surface area is 168 Å². The Kier molecular flexibility index (Phi) is 8.44. The Bertz CT molecular complexity index is 790. The van der Waals surface area contributed by atoms with Gasteiger partial charge in [-0.2, -0.15) is 0 Å². The van der Waals surface area contributed by atoms with Crippen molar-refractivity contribution in [2.45, 2.75) is 63.9 Å². The Balaban J connectivity index is 2.00. The first-order valence-electron chi connectivity index (χ1n) is 9.86. The molecule has 0 aliphatic carbocycles. The number of anilines is 1. The molecule has 1 aromatic rings. The van der Waals surface area contributed by atoms with Crippen molar-refractivity contribution in [3.05, 3.63) is 24.3 Å². The predicted octanol–water partition coefficient (Wildman–Crippen LogP) is 3.33. The van der Waals surface area contributed by atoms with Crippen LogP contribution < -0.4 is 10.0 Å². The Morgan fingerprint density at radius 3 is 2.75 bits per heavy atom. The summed E-state index contributed by atoms with van der Waals surface area (Å²) in [4.78, 5) is 16.7. The smallest absolute Gasteiger partial charge is 0.262 e. The van der Waals surface area contributed by atoms with Gasteiger partial charge in [0.1, 0.15) is 11.9 Å². The molecule has 0 fully saturated rings. The number of aliphatic imine (C=N–C) groups is 1. The number of hydrogen-bond acceptors (Lipinski definition) is 5.